The summed E-state index contributed by atoms with van der Waals surface area (Å²) in [5.74, 6) is 0.617. The number of nitrogens with zero attached hydrogens (tertiary/aromatic N) is 1. The first-order valence-electron chi connectivity index (χ1n) is 7.75. The van der Waals surface area contributed by atoms with Gasteiger partial charge in [0.15, 0.2) is 0 Å². The topological polar surface area (TPSA) is 55.6 Å². The number of rotatable bonds is 6. The Morgan fingerprint density at radius 2 is 1.95 bits per heavy atom. The normalized spacial score (nSPS) is 29.9. The summed E-state index contributed by atoms with van der Waals surface area (Å²) in [6.45, 7) is 13.2. The van der Waals surface area contributed by atoms with Crippen LogP contribution in [0.5, 0.6) is 0 Å². The Balaban J connectivity index is 2.77. The summed E-state index contributed by atoms with van der Waals surface area (Å²) in [6, 6.07) is 0.213. The van der Waals surface area contributed by atoms with E-state index in [1.165, 1.54) is 0 Å². The van der Waals surface area contributed by atoms with E-state index >= 15 is 0 Å². The average Bonchev–Trinajstić information content (AvgIpc) is 2.35. The molecule has 3 atom stereocenters. The zero-order chi connectivity index (χ0) is 15.7. The standard InChI is InChI=1S/C16H32N2O2/c1-8-20-13-10-16(17,15(13,5)6)14(19)18(7)12(4)9-11(2)3/h11-13H,8-10,17H2,1-7H3. The first-order chi connectivity index (χ1) is 9.07. The average molecular weight is 284 g/mol. The highest BCUT2D eigenvalue weighted by molar-refractivity contribution is 5.89. The number of likely N-dealkylation sites (N-methyl/N-ethyl adjacent to an activating group) is 1. The highest BCUT2D eigenvalue weighted by Crippen LogP contribution is 2.50. The third-order valence-electron chi connectivity index (χ3n) is 5.01. The summed E-state index contributed by atoms with van der Waals surface area (Å²) < 4.78 is 5.69. The molecule has 0 spiro atoms. The van der Waals surface area contributed by atoms with Gasteiger partial charge in [0, 0.05) is 31.5 Å². The van der Waals surface area contributed by atoms with Gasteiger partial charge >= 0.3 is 0 Å². The van der Waals surface area contributed by atoms with E-state index in [0.29, 0.717) is 18.9 Å². The van der Waals surface area contributed by atoms with E-state index in [1.807, 2.05) is 32.7 Å². The van der Waals surface area contributed by atoms with Crippen molar-refractivity contribution in [3.63, 3.8) is 0 Å². The molecule has 3 unspecified atom stereocenters. The summed E-state index contributed by atoms with van der Waals surface area (Å²) in [6.07, 6.45) is 1.69. The second-order valence-electron chi connectivity index (χ2n) is 7.24. The summed E-state index contributed by atoms with van der Waals surface area (Å²) in [7, 11) is 1.87. The van der Waals surface area contributed by atoms with Crippen molar-refractivity contribution in [1.29, 1.82) is 0 Å². The van der Waals surface area contributed by atoms with Gasteiger partial charge in [-0.3, -0.25) is 4.79 Å². The predicted octanol–water partition coefficient (Wildman–Crippen LogP) is 2.41. The van der Waals surface area contributed by atoms with E-state index in [1.54, 1.807) is 0 Å². The van der Waals surface area contributed by atoms with Gasteiger partial charge in [-0.1, -0.05) is 27.7 Å². The number of hydrogen-bond acceptors (Lipinski definition) is 3. The summed E-state index contributed by atoms with van der Waals surface area (Å²) in [5, 5.41) is 0. The first kappa shape index (κ1) is 17.4. The van der Waals surface area contributed by atoms with Crippen molar-refractivity contribution in [2.24, 2.45) is 17.1 Å². The molecule has 1 fully saturated rings. The van der Waals surface area contributed by atoms with Gasteiger partial charge in [-0.05, 0) is 26.2 Å². The van der Waals surface area contributed by atoms with Crippen LogP contribution in [0.1, 0.15) is 54.4 Å². The van der Waals surface area contributed by atoms with Gasteiger partial charge < -0.3 is 15.4 Å². The maximum absolute atomic E-state index is 12.8. The molecule has 1 rings (SSSR count). The summed E-state index contributed by atoms with van der Waals surface area (Å²) >= 11 is 0. The van der Waals surface area contributed by atoms with E-state index in [9.17, 15) is 4.79 Å². The molecule has 0 radical (unpaired) electrons. The molecular formula is C16H32N2O2. The maximum atomic E-state index is 12.8. The Bertz CT molecular complexity index is 354. The zero-order valence-electron chi connectivity index (χ0n) is 14.2. The van der Waals surface area contributed by atoms with Crippen LogP contribution in [0.25, 0.3) is 0 Å². The number of ether oxygens (including phenoxy) is 1. The van der Waals surface area contributed by atoms with Crippen molar-refractivity contribution in [3.05, 3.63) is 0 Å². The lowest BCUT2D eigenvalue weighted by molar-refractivity contribution is -0.179. The van der Waals surface area contributed by atoms with Gasteiger partial charge in [0.05, 0.1) is 6.10 Å². The number of amides is 1. The minimum absolute atomic E-state index is 0.0478. The highest BCUT2D eigenvalue weighted by atomic mass is 16.5. The minimum Gasteiger partial charge on any atom is -0.378 e. The zero-order valence-corrected chi connectivity index (χ0v) is 14.2. The molecule has 1 aliphatic carbocycles. The van der Waals surface area contributed by atoms with Crippen molar-refractivity contribution in [2.45, 2.75) is 72.1 Å². The third-order valence-corrected chi connectivity index (χ3v) is 5.01. The van der Waals surface area contributed by atoms with Crippen LogP contribution in [0, 0.1) is 11.3 Å². The highest BCUT2D eigenvalue weighted by Gasteiger charge is 2.63. The van der Waals surface area contributed by atoms with Crippen LogP contribution in [-0.4, -0.2) is 42.1 Å². The van der Waals surface area contributed by atoms with Crippen LogP contribution in [-0.2, 0) is 9.53 Å². The van der Waals surface area contributed by atoms with E-state index in [0.717, 1.165) is 6.42 Å². The van der Waals surface area contributed by atoms with Crippen molar-refractivity contribution < 1.29 is 9.53 Å². The Kier molecular flexibility index (Phi) is 5.25. The molecule has 4 nitrogen and oxygen atoms in total. The van der Waals surface area contributed by atoms with Gasteiger partial charge in [-0.25, -0.2) is 0 Å². The Labute approximate surface area is 124 Å². The second kappa shape index (κ2) is 6.02. The lowest BCUT2D eigenvalue weighted by Gasteiger charge is -2.58. The molecule has 1 saturated carbocycles. The summed E-state index contributed by atoms with van der Waals surface area (Å²) in [4.78, 5) is 14.6. The fraction of sp³-hybridized carbons (Fsp3) is 0.938. The SMILES string of the molecule is CCOC1CC(N)(C(=O)N(C)C(C)CC(C)C)C1(C)C. The van der Waals surface area contributed by atoms with Gasteiger partial charge in [0.2, 0.25) is 5.91 Å². The molecule has 0 aromatic rings. The fourth-order valence-corrected chi connectivity index (χ4v) is 3.15. The number of carbonyl (C=O) groups is 1. The molecular weight excluding hydrogens is 252 g/mol. The van der Waals surface area contributed by atoms with Crippen molar-refractivity contribution in [1.82, 2.24) is 4.90 Å². The summed E-state index contributed by atoms with van der Waals surface area (Å²) in [5.41, 5.74) is 5.33. The number of carbonyl (C=O) groups excluding carboxylic acids is 1. The van der Waals surface area contributed by atoms with Crippen molar-refractivity contribution in [3.8, 4) is 0 Å². The molecule has 2 N–H and O–H groups in total. The van der Waals surface area contributed by atoms with E-state index in [2.05, 4.69) is 20.8 Å². The monoisotopic (exact) mass is 284 g/mol. The molecule has 20 heavy (non-hydrogen) atoms. The quantitative estimate of drug-likeness (QED) is 0.815. The fourth-order valence-electron chi connectivity index (χ4n) is 3.15. The Morgan fingerprint density at radius 1 is 1.40 bits per heavy atom. The number of nitrogens with two attached hydrogens (primary N) is 1. The molecule has 1 aliphatic rings. The molecule has 0 aromatic heterocycles. The predicted molar refractivity (Wildman–Crippen MR) is 82.4 cm³/mol. The van der Waals surface area contributed by atoms with E-state index < -0.39 is 5.54 Å². The Morgan fingerprint density at radius 3 is 2.35 bits per heavy atom. The molecule has 118 valence electrons. The molecule has 0 aromatic carbocycles. The van der Waals surface area contributed by atoms with Crippen molar-refractivity contribution in [2.75, 3.05) is 13.7 Å². The van der Waals surface area contributed by atoms with Crippen LogP contribution in [0.3, 0.4) is 0 Å². The van der Waals surface area contributed by atoms with Crippen LogP contribution < -0.4 is 5.73 Å². The largest absolute Gasteiger partial charge is 0.378 e. The maximum Gasteiger partial charge on any atom is 0.243 e. The molecule has 1 amide bonds. The minimum atomic E-state index is -0.799. The van der Waals surface area contributed by atoms with Crippen molar-refractivity contribution >= 4 is 5.91 Å². The number of hydrogen-bond donors (Lipinski definition) is 1. The lowest BCUT2D eigenvalue weighted by atomic mass is 9.54. The van der Waals surface area contributed by atoms with Gasteiger partial charge in [0.1, 0.15) is 5.54 Å². The lowest BCUT2D eigenvalue weighted by Crippen LogP contribution is -2.76. The smallest absolute Gasteiger partial charge is 0.243 e. The van der Waals surface area contributed by atoms with Crippen LogP contribution in [0.2, 0.25) is 0 Å². The second-order valence-corrected chi connectivity index (χ2v) is 7.24. The molecule has 0 heterocycles. The Hall–Kier alpha value is -0.610. The van der Waals surface area contributed by atoms with Gasteiger partial charge in [0.25, 0.3) is 0 Å². The van der Waals surface area contributed by atoms with Gasteiger partial charge in [-0.15, -0.1) is 0 Å². The first-order valence-corrected chi connectivity index (χ1v) is 7.75. The van der Waals surface area contributed by atoms with Crippen LogP contribution in [0.15, 0.2) is 0 Å². The van der Waals surface area contributed by atoms with Crippen LogP contribution in [0.4, 0.5) is 0 Å². The van der Waals surface area contributed by atoms with Crippen LogP contribution >= 0.6 is 0 Å². The third kappa shape index (κ3) is 2.86. The van der Waals surface area contributed by atoms with E-state index in [-0.39, 0.29) is 23.5 Å². The molecule has 0 bridgehead atoms. The van der Waals surface area contributed by atoms with Gasteiger partial charge in [-0.2, -0.15) is 0 Å². The molecule has 4 heteroatoms. The molecule has 0 saturated heterocycles. The van der Waals surface area contributed by atoms with E-state index in [4.69, 9.17) is 10.5 Å². The molecule has 0 aliphatic heterocycles.